The Hall–Kier alpha value is -1.39. The number of alkyl halides is 4. The van der Waals surface area contributed by atoms with Gasteiger partial charge in [-0.3, -0.25) is 0 Å². The largest absolute Gasteiger partial charge is 0.573 e. The van der Waals surface area contributed by atoms with Crippen LogP contribution in [0, 0.1) is 0 Å². The maximum absolute atomic E-state index is 12.4. The van der Waals surface area contributed by atoms with E-state index in [1.54, 1.807) is 24.3 Å². The first-order valence-electron chi connectivity index (χ1n) is 5.61. The minimum atomic E-state index is -4.76. The molecule has 0 spiro atoms. The molecule has 0 aliphatic rings. The molecule has 0 saturated carbocycles. The van der Waals surface area contributed by atoms with E-state index in [1.165, 1.54) is 18.2 Å². The molecule has 2 aromatic rings. The minimum Gasteiger partial charge on any atom is -0.405 e. The summed E-state index contributed by atoms with van der Waals surface area (Å²) in [6, 6.07) is 10.9. The molecule has 0 saturated heterocycles. The number of rotatable bonds is 3. The van der Waals surface area contributed by atoms with E-state index < -0.39 is 6.36 Å². The van der Waals surface area contributed by atoms with Gasteiger partial charge in [0.05, 0.1) is 5.02 Å². The number of halogens is 5. The molecule has 0 radical (unpaired) electrons. The summed E-state index contributed by atoms with van der Waals surface area (Å²) in [5, 5.41) is 0.320. The van der Waals surface area contributed by atoms with Gasteiger partial charge in [0.15, 0.2) is 0 Å². The van der Waals surface area contributed by atoms with Crippen molar-refractivity contribution < 1.29 is 17.9 Å². The van der Waals surface area contributed by atoms with Crippen LogP contribution in [0.5, 0.6) is 5.75 Å². The lowest BCUT2D eigenvalue weighted by molar-refractivity contribution is -0.274. The average Bonchev–Trinajstić information content (AvgIpc) is 2.38. The van der Waals surface area contributed by atoms with Crippen LogP contribution in [0.3, 0.4) is 0 Å². The zero-order valence-electron chi connectivity index (χ0n) is 10.0. The summed E-state index contributed by atoms with van der Waals surface area (Å²) in [5.41, 5.74) is 1.36. The summed E-state index contributed by atoms with van der Waals surface area (Å²) in [6.45, 7) is 0. The Labute approximate surface area is 123 Å². The topological polar surface area (TPSA) is 9.23 Å². The van der Waals surface area contributed by atoms with Gasteiger partial charge in [0, 0.05) is 17.0 Å². The Morgan fingerprint density at radius 2 is 1.60 bits per heavy atom. The van der Waals surface area contributed by atoms with Crippen molar-refractivity contribution in [1.29, 1.82) is 0 Å². The Bertz CT molecular complexity index is 612. The second-order valence-electron chi connectivity index (χ2n) is 3.96. The molecule has 0 bridgehead atoms. The van der Waals surface area contributed by atoms with Crippen LogP contribution in [0.15, 0.2) is 42.5 Å². The molecule has 0 fully saturated rings. The van der Waals surface area contributed by atoms with Crippen LogP contribution in [-0.4, -0.2) is 6.36 Å². The number of ether oxygens (including phenoxy) is 1. The predicted octanol–water partition coefficient (Wildman–Crippen LogP) is 5.64. The Balaban J connectivity index is 2.53. The van der Waals surface area contributed by atoms with Crippen LogP contribution in [-0.2, 0) is 5.88 Å². The van der Waals surface area contributed by atoms with E-state index in [9.17, 15) is 13.2 Å². The Morgan fingerprint density at radius 1 is 0.950 bits per heavy atom. The van der Waals surface area contributed by atoms with Crippen molar-refractivity contribution in [1.82, 2.24) is 0 Å². The van der Waals surface area contributed by atoms with E-state index in [0.29, 0.717) is 16.1 Å². The molecule has 6 heteroatoms. The molecule has 0 amide bonds. The van der Waals surface area contributed by atoms with Gasteiger partial charge < -0.3 is 4.74 Å². The molecular formula is C14H9Cl2F3O. The highest BCUT2D eigenvalue weighted by atomic mass is 35.5. The molecule has 0 unspecified atom stereocenters. The van der Waals surface area contributed by atoms with Gasteiger partial charge in [0.1, 0.15) is 5.75 Å². The number of hydrogen-bond donors (Lipinski definition) is 0. The Kier molecular flexibility index (Phi) is 4.45. The van der Waals surface area contributed by atoms with Crippen molar-refractivity contribution in [3.63, 3.8) is 0 Å². The van der Waals surface area contributed by atoms with Crippen LogP contribution >= 0.6 is 23.2 Å². The molecule has 2 aromatic carbocycles. The quantitative estimate of drug-likeness (QED) is 0.664. The van der Waals surface area contributed by atoms with Crippen LogP contribution < -0.4 is 4.74 Å². The maximum atomic E-state index is 12.4. The smallest absolute Gasteiger partial charge is 0.405 e. The molecule has 0 aliphatic carbocycles. The summed E-state index contributed by atoms with van der Waals surface area (Å²) in [4.78, 5) is 0. The fraction of sp³-hybridized carbons (Fsp3) is 0.143. The Morgan fingerprint density at radius 3 is 2.25 bits per heavy atom. The number of para-hydroxylation sites is 1. The van der Waals surface area contributed by atoms with Crippen molar-refractivity contribution >= 4 is 23.2 Å². The van der Waals surface area contributed by atoms with Crippen molar-refractivity contribution in [2.75, 3.05) is 0 Å². The van der Waals surface area contributed by atoms with Gasteiger partial charge in [-0.05, 0) is 11.6 Å². The van der Waals surface area contributed by atoms with E-state index in [-0.39, 0.29) is 17.2 Å². The molecule has 0 atom stereocenters. The normalized spacial score (nSPS) is 11.4. The first-order valence-corrected chi connectivity index (χ1v) is 6.52. The van der Waals surface area contributed by atoms with Crippen LogP contribution in [0.1, 0.15) is 5.56 Å². The second kappa shape index (κ2) is 5.94. The third-order valence-corrected chi connectivity index (χ3v) is 3.36. The summed E-state index contributed by atoms with van der Waals surface area (Å²) >= 11 is 11.9. The molecule has 0 aliphatic heterocycles. The minimum absolute atomic E-state index is 0.176. The second-order valence-corrected chi connectivity index (χ2v) is 4.60. The summed E-state index contributed by atoms with van der Waals surface area (Å²) in [7, 11) is 0. The molecule has 20 heavy (non-hydrogen) atoms. The van der Waals surface area contributed by atoms with Crippen LogP contribution in [0.2, 0.25) is 5.02 Å². The van der Waals surface area contributed by atoms with Gasteiger partial charge in [-0.25, -0.2) is 0 Å². The lowest BCUT2D eigenvalue weighted by Gasteiger charge is -2.15. The number of hydrogen-bond acceptors (Lipinski definition) is 1. The molecule has 0 aromatic heterocycles. The lowest BCUT2D eigenvalue weighted by atomic mass is 10.0. The fourth-order valence-electron chi connectivity index (χ4n) is 1.79. The molecule has 1 nitrogen and oxygen atoms in total. The van der Waals surface area contributed by atoms with Gasteiger partial charge in [-0.15, -0.1) is 24.8 Å². The van der Waals surface area contributed by atoms with E-state index in [4.69, 9.17) is 23.2 Å². The zero-order chi connectivity index (χ0) is 14.8. The average molecular weight is 321 g/mol. The SMILES string of the molecule is FC(F)(F)Oc1ccccc1-c1cccc(CCl)c1Cl. The van der Waals surface area contributed by atoms with Crippen molar-refractivity contribution in [3.05, 3.63) is 53.1 Å². The van der Waals surface area contributed by atoms with Crippen LogP contribution in [0.25, 0.3) is 11.1 Å². The monoisotopic (exact) mass is 320 g/mol. The van der Waals surface area contributed by atoms with Gasteiger partial charge in [0.2, 0.25) is 0 Å². The van der Waals surface area contributed by atoms with Crippen molar-refractivity contribution in [2.45, 2.75) is 12.2 Å². The van der Waals surface area contributed by atoms with Gasteiger partial charge in [-0.1, -0.05) is 48.0 Å². The predicted molar refractivity (Wildman–Crippen MR) is 73.1 cm³/mol. The van der Waals surface area contributed by atoms with Crippen LogP contribution in [0.4, 0.5) is 13.2 Å². The molecule has 2 rings (SSSR count). The summed E-state index contributed by atoms with van der Waals surface area (Å²) in [6.07, 6.45) is -4.76. The van der Waals surface area contributed by atoms with Crippen molar-refractivity contribution in [3.8, 4) is 16.9 Å². The van der Waals surface area contributed by atoms with Gasteiger partial charge in [0.25, 0.3) is 0 Å². The highest BCUT2D eigenvalue weighted by Gasteiger charge is 2.32. The van der Waals surface area contributed by atoms with Gasteiger partial charge >= 0.3 is 6.36 Å². The zero-order valence-corrected chi connectivity index (χ0v) is 11.6. The molecular weight excluding hydrogens is 312 g/mol. The molecule has 0 N–H and O–H groups in total. The summed E-state index contributed by atoms with van der Waals surface area (Å²) in [5.74, 6) is -0.122. The van der Waals surface area contributed by atoms with Gasteiger partial charge in [-0.2, -0.15) is 0 Å². The first kappa shape index (κ1) is 15.0. The highest BCUT2D eigenvalue weighted by molar-refractivity contribution is 6.35. The van der Waals surface area contributed by atoms with E-state index in [1.807, 2.05) is 0 Å². The highest BCUT2D eigenvalue weighted by Crippen LogP contribution is 2.38. The number of benzene rings is 2. The lowest BCUT2D eigenvalue weighted by Crippen LogP contribution is -2.17. The summed E-state index contributed by atoms with van der Waals surface area (Å²) < 4.78 is 41.2. The fourth-order valence-corrected chi connectivity index (χ4v) is 2.38. The third kappa shape index (κ3) is 3.38. The molecule has 0 heterocycles. The van der Waals surface area contributed by atoms with E-state index in [2.05, 4.69) is 4.74 Å². The van der Waals surface area contributed by atoms with Crippen molar-refractivity contribution in [2.24, 2.45) is 0 Å². The first-order chi connectivity index (χ1) is 9.42. The third-order valence-electron chi connectivity index (χ3n) is 2.63. The molecule has 106 valence electrons. The van der Waals surface area contributed by atoms with E-state index >= 15 is 0 Å². The van der Waals surface area contributed by atoms with E-state index in [0.717, 1.165) is 0 Å². The standard InChI is InChI=1S/C14H9Cl2F3O/c15-8-9-4-3-6-11(13(9)16)10-5-1-2-7-12(10)20-14(17,18)19/h1-7H,8H2. The maximum Gasteiger partial charge on any atom is 0.573 e.